The lowest BCUT2D eigenvalue weighted by Crippen LogP contribution is -1.75. The molecule has 6 heavy (non-hydrogen) atoms. The number of hydrogen-bond donors (Lipinski definition) is 1. The highest BCUT2D eigenvalue weighted by atomic mass is 28.2. The van der Waals surface area contributed by atoms with Gasteiger partial charge in [0.1, 0.15) is 0 Å². The van der Waals surface area contributed by atoms with Gasteiger partial charge in [0.05, 0.1) is 0 Å². The number of hydrogen-bond acceptors (Lipinski definition) is 1. The highest BCUT2D eigenvalue weighted by molar-refractivity contribution is 6.32. The van der Waals surface area contributed by atoms with Crippen LogP contribution >= 0.6 is 0 Å². The third-order valence-corrected chi connectivity index (χ3v) is 1.05. The summed E-state index contributed by atoms with van der Waals surface area (Å²) in [6.07, 6.45) is 3.04. The molecule has 0 aromatic rings. The lowest BCUT2D eigenvalue weighted by atomic mass is 10.5. The molecule has 0 fully saturated rings. The summed E-state index contributed by atoms with van der Waals surface area (Å²) in [5.74, 6) is 0. The summed E-state index contributed by atoms with van der Waals surface area (Å²) >= 11 is 0. The Bertz CT molecular complexity index is 36.8. The van der Waals surface area contributed by atoms with Gasteiger partial charge in [-0.15, -0.1) is 0 Å². The number of rotatable bonds is 2. The van der Waals surface area contributed by atoms with Crippen molar-refractivity contribution in [3.05, 3.63) is 11.8 Å². The molecule has 1 N–H and O–H groups in total. The second-order valence-corrected chi connectivity index (χ2v) is 1.90. The summed E-state index contributed by atoms with van der Waals surface area (Å²) in [4.78, 5) is 8.25. The highest BCUT2D eigenvalue weighted by Gasteiger charge is 1.62. The van der Waals surface area contributed by atoms with E-state index in [1.54, 1.807) is 0 Å². The van der Waals surface area contributed by atoms with Crippen LogP contribution in [0, 0.1) is 0 Å². The fraction of sp³-hybridized carbons (Fsp3) is 0.500. The van der Waals surface area contributed by atoms with Crippen LogP contribution in [0.1, 0.15) is 13.3 Å². The normalized spacial score (nSPS) is 12.3. The van der Waals surface area contributed by atoms with Gasteiger partial charge in [-0.1, -0.05) is 18.7 Å². The van der Waals surface area contributed by atoms with Gasteiger partial charge in [0.15, 0.2) is 9.76 Å². The molecule has 0 spiro atoms. The van der Waals surface area contributed by atoms with Crippen molar-refractivity contribution in [1.29, 1.82) is 0 Å². The molecule has 0 aliphatic heterocycles. The zero-order valence-corrected chi connectivity index (χ0v) is 5.43. The Labute approximate surface area is 40.6 Å². The molecule has 0 saturated heterocycles. The summed E-state index contributed by atoms with van der Waals surface area (Å²) < 4.78 is 0. The van der Waals surface area contributed by atoms with Crippen LogP contribution in [0.3, 0.4) is 0 Å². The van der Waals surface area contributed by atoms with E-state index in [-0.39, 0.29) is 0 Å². The summed E-state index contributed by atoms with van der Waals surface area (Å²) in [6, 6.07) is 0. The van der Waals surface area contributed by atoms with E-state index >= 15 is 0 Å². The van der Waals surface area contributed by atoms with Crippen molar-refractivity contribution in [3.8, 4) is 0 Å². The van der Waals surface area contributed by atoms with Crippen LogP contribution in [0.25, 0.3) is 0 Å². The van der Waals surface area contributed by atoms with E-state index < -0.39 is 9.76 Å². The Kier molecular flexibility index (Phi) is 4.85. The van der Waals surface area contributed by atoms with Crippen LogP contribution < -0.4 is 0 Å². The lowest BCUT2D eigenvalue weighted by molar-refractivity contribution is 0.614. The van der Waals surface area contributed by atoms with Crippen LogP contribution in [0.2, 0.25) is 0 Å². The second-order valence-electron chi connectivity index (χ2n) is 1.06. The van der Waals surface area contributed by atoms with Gasteiger partial charge >= 0.3 is 0 Å². The van der Waals surface area contributed by atoms with Gasteiger partial charge in [0.2, 0.25) is 0 Å². The van der Waals surface area contributed by atoms with Gasteiger partial charge in [0.25, 0.3) is 0 Å². The first-order valence-electron chi connectivity index (χ1n) is 2.17. The topological polar surface area (TPSA) is 20.2 Å². The van der Waals surface area contributed by atoms with E-state index in [1.807, 2.05) is 11.8 Å². The van der Waals surface area contributed by atoms with E-state index in [0.717, 1.165) is 6.42 Å². The molecule has 2 heteroatoms. The van der Waals surface area contributed by atoms with E-state index in [4.69, 9.17) is 4.80 Å². The fourth-order valence-electron chi connectivity index (χ4n) is 0.241. The van der Waals surface area contributed by atoms with E-state index in [9.17, 15) is 0 Å². The molecule has 1 nitrogen and oxygen atoms in total. The summed E-state index contributed by atoms with van der Waals surface area (Å²) in [5.41, 5.74) is 1.88. The van der Waals surface area contributed by atoms with Gasteiger partial charge in [-0.3, -0.25) is 0 Å². The average Bonchev–Trinajstić information content (AvgIpc) is 1.61. The molecule has 0 aromatic carbocycles. The van der Waals surface area contributed by atoms with Crippen molar-refractivity contribution in [1.82, 2.24) is 0 Å². The maximum absolute atomic E-state index is 8.25. The smallest absolute Gasteiger partial charge is 0.180 e. The predicted molar refractivity (Wildman–Crippen MR) is 30.2 cm³/mol. The molecule has 0 aliphatic carbocycles. The molecule has 0 aromatic heterocycles. The maximum atomic E-state index is 8.25. The molecular formula is C4H10OSi. The molecule has 0 rings (SSSR count). The van der Waals surface area contributed by atoms with Crippen molar-refractivity contribution in [2.75, 3.05) is 0 Å². The predicted octanol–water partition coefficient (Wildman–Crippen LogP) is -0.0138. The average molecular weight is 102 g/mol. The van der Waals surface area contributed by atoms with Crippen molar-refractivity contribution in [2.24, 2.45) is 0 Å². The minimum Gasteiger partial charge on any atom is -0.434 e. The molecule has 0 atom stereocenters. The Morgan fingerprint density at radius 2 is 2.50 bits per heavy atom. The molecular weight excluding hydrogens is 92.1 g/mol. The van der Waals surface area contributed by atoms with Gasteiger partial charge in [-0.05, 0) is 6.42 Å². The standard InChI is InChI=1S/C4H10OSi/c1-2-3-4-6-5/h3-5H,2,6H2,1H3/b4-3+. The quantitative estimate of drug-likeness (QED) is 0.486. The largest absolute Gasteiger partial charge is 0.434 e. The fourth-order valence-corrected chi connectivity index (χ4v) is 0.724. The third kappa shape index (κ3) is 3.92. The maximum Gasteiger partial charge on any atom is 0.180 e. The zero-order valence-electron chi connectivity index (χ0n) is 4.02. The minimum atomic E-state index is -0.778. The molecule has 0 bridgehead atoms. The zero-order chi connectivity index (χ0) is 4.83. The SMILES string of the molecule is CC/C=C/[SiH2]O. The van der Waals surface area contributed by atoms with Crippen molar-refractivity contribution >= 4 is 9.76 Å². The van der Waals surface area contributed by atoms with Gasteiger partial charge < -0.3 is 4.80 Å². The van der Waals surface area contributed by atoms with Gasteiger partial charge in [0, 0.05) is 0 Å². The van der Waals surface area contributed by atoms with E-state index in [2.05, 4.69) is 6.92 Å². The lowest BCUT2D eigenvalue weighted by Gasteiger charge is -1.71. The summed E-state index contributed by atoms with van der Waals surface area (Å²) in [7, 11) is -0.778. The van der Waals surface area contributed by atoms with E-state index in [0.29, 0.717) is 0 Å². The second kappa shape index (κ2) is 4.92. The third-order valence-electron chi connectivity index (χ3n) is 0.508. The van der Waals surface area contributed by atoms with Crippen LogP contribution in [-0.2, 0) is 0 Å². The Morgan fingerprint density at radius 1 is 1.83 bits per heavy atom. The van der Waals surface area contributed by atoms with Crippen LogP contribution in [0.5, 0.6) is 0 Å². The highest BCUT2D eigenvalue weighted by Crippen LogP contribution is 1.73. The first kappa shape index (κ1) is 5.92. The van der Waals surface area contributed by atoms with Crippen molar-refractivity contribution < 1.29 is 4.80 Å². The van der Waals surface area contributed by atoms with Crippen molar-refractivity contribution in [2.45, 2.75) is 13.3 Å². The monoisotopic (exact) mass is 102 g/mol. The molecule has 0 unspecified atom stereocenters. The molecule has 0 aliphatic rings. The minimum absolute atomic E-state index is 0.778. The number of allylic oxidation sites excluding steroid dienone is 1. The molecule has 0 saturated carbocycles. The molecule has 0 amide bonds. The van der Waals surface area contributed by atoms with Crippen molar-refractivity contribution in [3.63, 3.8) is 0 Å². The Hall–Kier alpha value is -0.0831. The van der Waals surface area contributed by atoms with Crippen LogP contribution in [0.4, 0.5) is 0 Å². The molecule has 0 heterocycles. The van der Waals surface area contributed by atoms with Gasteiger partial charge in [-0.25, -0.2) is 0 Å². The van der Waals surface area contributed by atoms with E-state index in [1.165, 1.54) is 0 Å². The molecule has 36 valence electrons. The Morgan fingerprint density at radius 3 is 2.67 bits per heavy atom. The first-order chi connectivity index (χ1) is 2.91. The molecule has 0 radical (unpaired) electrons. The van der Waals surface area contributed by atoms with Gasteiger partial charge in [-0.2, -0.15) is 0 Å². The van der Waals surface area contributed by atoms with Crippen LogP contribution in [0.15, 0.2) is 11.8 Å². The Balaban J connectivity index is 2.73. The first-order valence-corrected chi connectivity index (χ1v) is 3.62. The summed E-state index contributed by atoms with van der Waals surface area (Å²) in [5, 5.41) is 0. The summed E-state index contributed by atoms with van der Waals surface area (Å²) in [6.45, 7) is 2.06. The van der Waals surface area contributed by atoms with Crippen LogP contribution in [-0.4, -0.2) is 14.6 Å².